The Morgan fingerprint density at radius 3 is 0.934 bits per heavy atom. The molecule has 0 aliphatic rings. The summed E-state index contributed by atoms with van der Waals surface area (Å²) in [5.41, 5.74) is 0. The smallest absolute Gasteiger partial charge is 0.306 e. The van der Waals surface area contributed by atoms with Crippen LogP contribution < -0.4 is 0 Å². The van der Waals surface area contributed by atoms with Crippen LogP contribution in [0.15, 0.2) is 0 Å². The first-order valence-electron chi connectivity index (χ1n) is 27.3. The molecule has 0 N–H and O–H groups in total. The second-order valence-electron chi connectivity index (χ2n) is 19.6. The third-order valence-electron chi connectivity index (χ3n) is 12.8. The van der Waals surface area contributed by atoms with E-state index in [9.17, 15) is 14.4 Å². The summed E-state index contributed by atoms with van der Waals surface area (Å²) in [6.07, 6.45) is 49.5. The van der Waals surface area contributed by atoms with E-state index in [0.717, 1.165) is 69.6 Å². The van der Waals surface area contributed by atoms with Crippen molar-refractivity contribution in [3.8, 4) is 0 Å². The van der Waals surface area contributed by atoms with Gasteiger partial charge >= 0.3 is 17.9 Å². The zero-order valence-corrected chi connectivity index (χ0v) is 41.8. The fraction of sp³-hybridized carbons (Fsp3) is 0.945. The number of rotatable bonds is 49. The molecule has 362 valence electrons. The number of hydrogen-bond donors (Lipinski definition) is 0. The molecule has 0 aliphatic carbocycles. The highest BCUT2D eigenvalue weighted by Gasteiger charge is 2.19. The number of ether oxygens (including phenoxy) is 3. The molecule has 0 spiro atoms. The number of carbonyl (C=O) groups is 3. The van der Waals surface area contributed by atoms with Crippen LogP contribution in [0, 0.1) is 11.8 Å². The van der Waals surface area contributed by atoms with Gasteiger partial charge in [-0.15, -0.1) is 0 Å². The van der Waals surface area contributed by atoms with Gasteiger partial charge in [0.2, 0.25) is 0 Å². The van der Waals surface area contributed by atoms with Gasteiger partial charge in [0.05, 0.1) is 0 Å². The Morgan fingerprint density at radius 2 is 0.623 bits per heavy atom. The molecule has 6 heteroatoms. The van der Waals surface area contributed by atoms with Crippen molar-refractivity contribution in [1.82, 2.24) is 0 Å². The molecule has 0 fully saturated rings. The van der Waals surface area contributed by atoms with Gasteiger partial charge in [0, 0.05) is 19.3 Å². The molecule has 0 aliphatic heterocycles. The van der Waals surface area contributed by atoms with Crippen LogP contribution in [-0.2, 0) is 28.6 Å². The first-order valence-corrected chi connectivity index (χ1v) is 27.3. The lowest BCUT2D eigenvalue weighted by atomic mass is 9.99. The minimum Gasteiger partial charge on any atom is -0.462 e. The Balaban J connectivity index is 4.28. The van der Waals surface area contributed by atoms with E-state index in [1.54, 1.807) is 0 Å². The number of carbonyl (C=O) groups excluding carboxylic acids is 3. The van der Waals surface area contributed by atoms with Crippen LogP contribution >= 0.6 is 0 Å². The highest BCUT2D eigenvalue weighted by Crippen LogP contribution is 2.18. The summed E-state index contributed by atoms with van der Waals surface area (Å²) in [5.74, 6) is 0.808. The second-order valence-corrected chi connectivity index (χ2v) is 19.6. The molecule has 0 saturated heterocycles. The zero-order chi connectivity index (χ0) is 44.7. The number of hydrogen-bond acceptors (Lipinski definition) is 6. The molecule has 1 unspecified atom stereocenters. The minimum atomic E-state index is -0.762. The van der Waals surface area contributed by atoms with E-state index >= 15 is 0 Å². The molecular weight excluding hydrogens is 757 g/mol. The van der Waals surface area contributed by atoms with E-state index in [-0.39, 0.29) is 31.1 Å². The first kappa shape index (κ1) is 59.4. The van der Waals surface area contributed by atoms with Crippen LogP contribution in [0.2, 0.25) is 0 Å². The van der Waals surface area contributed by atoms with Crippen LogP contribution in [0.1, 0.15) is 304 Å². The normalized spacial score (nSPS) is 12.5. The lowest BCUT2D eigenvalue weighted by Gasteiger charge is -2.18. The summed E-state index contributed by atoms with van der Waals surface area (Å²) in [6.45, 7) is 11.4. The van der Waals surface area contributed by atoms with Gasteiger partial charge in [-0.3, -0.25) is 14.4 Å². The van der Waals surface area contributed by atoms with E-state index < -0.39 is 6.10 Å². The molecule has 0 aromatic carbocycles. The average molecular weight is 863 g/mol. The van der Waals surface area contributed by atoms with Crippen molar-refractivity contribution < 1.29 is 28.6 Å². The molecule has 0 aromatic heterocycles. The van der Waals surface area contributed by atoms with Gasteiger partial charge < -0.3 is 14.2 Å². The minimum absolute atomic E-state index is 0.0643. The second kappa shape index (κ2) is 47.9. The maximum absolute atomic E-state index is 12.8. The van der Waals surface area contributed by atoms with Crippen molar-refractivity contribution in [2.75, 3.05) is 13.2 Å². The van der Waals surface area contributed by atoms with Crippen molar-refractivity contribution in [3.63, 3.8) is 0 Å². The van der Waals surface area contributed by atoms with E-state index in [1.807, 2.05) is 0 Å². The van der Waals surface area contributed by atoms with Crippen molar-refractivity contribution in [3.05, 3.63) is 0 Å². The summed E-state index contributed by atoms with van der Waals surface area (Å²) in [5, 5.41) is 0. The molecule has 0 radical (unpaired) electrons. The van der Waals surface area contributed by atoms with Gasteiger partial charge in [0.25, 0.3) is 0 Å². The summed E-state index contributed by atoms with van der Waals surface area (Å²) >= 11 is 0. The molecule has 0 aromatic rings. The number of esters is 3. The highest BCUT2D eigenvalue weighted by atomic mass is 16.6. The van der Waals surface area contributed by atoms with Gasteiger partial charge in [-0.05, 0) is 31.1 Å². The largest absolute Gasteiger partial charge is 0.462 e. The molecule has 0 bridgehead atoms. The van der Waals surface area contributed by atoms with Crippen molar-refractivity contribution >= 4 is 17.9 Å². The summed E-state index contributed by atoms with van der Waals surface area (Å²) in [4.78, 5) is 38.0. The molecular formula is C55H106O6. The van der Waals surface area contributed by atoms with Crippen LogP contribution in [-0.4, -0.2) is 37.2 Å². The molecule has 0 amide bonds. The lowest BCUT2D eigenvalue weighted by molar-refractivity contribution is -0.167. The predicted octanol–water partition coefficient (Wildman–Crippen LogP) is 17.7. The Labute approximate surface area is 380 Å². The lowest BCUT2D eigenvalue weighted by Crippen LogP contribution is -2.30. The fourth-order valence-corrected chi connectivity index (χ4v) is 8.31. The van der Waals surface area contributed by atoms with Gasteiger partial charge in [-0.25, -0.2) is 0 Å². The van der Waals surface area contributed by atoms with Crippen LogP contribution in [0.5, 0.6) is 0 Å². The molecule has 2 atom stereocenters. The quantitative estimate of drug-likeness (QED) is 0.0344. The van der Waals surface area contributed by atoms with Crippen molar-refractivity contribution in [1.29, 1.82) is 0 Å². The zero-order valence-electron chi connectivity index (χ0n) is 41.8. The fourth-order valence-electron chi connectivity index (χ4n) is 8.31. The summed E-state index contributed by atoms with van der Waals surface area (Å²) in [6, 6.07) is 0. The molecule has 0 rings (SSSR count). The van der Waals surface area contributed by atoms with E-state index in [4.69, 9.17) is 14.2 Å². The van der Waals surface area contributed by atoms with E-state index in [2.05, 4.69) is 34.6 Å². The van der Waals surface area contributed by atoms with Gasteiger partial charge in [-0.1, -0.05) is 266 Å². The maximum atomic E-state index is 12.8. The Bertz CT molecular complexity index is 933. The number of unbranched alkanes of at least 4 members (excludes halogenated alkanes) is 33. The van der Waals surface area contributed by atoms with Crippen LogP contribution in [0.3, 0.4) is 0 Å². The third-order valence-corrected chi connectivity index (χ3v) is 12.8. The van der Waals surface area contributed by atoms with E-state index in [1.165, 1.54) is 193 Å². The summed E-state index contributed by atoms with van der Waals surface area (Å²) < 4.78 is 16.8. The highest BCUT2D eigenvalue weighted by molar-refractivity contribution is 5.71. The molecule has 0 saturated carbocycles. The monoisotopic (exact) mass is 863 g/mol. The topological polar surface area (TPSA) is 78.9 Å². The molecule has 61 heavy (non-hydrogen) atoms. The Morgan fingerprint density at radius 1 is 0.344 bits per heavy atom. The Kier molecular flexibility index (Phi) is 46.6. The van der Waals surface area contributed by atoms with Crippen molar-refractivity contribution in [2.45, 2.75) is 310 Å². The standard InChI is InChI=1S/C55H106O6/c1-6-8-9-10-11-12-13-14-15-16-17-18-19-20-21-24-32-37-42-47-55(58)61-52(48-59-53(56)45-40-35-30-25-22-23-28-33-38-43-50(3)4)49-60-54(57)46-41-36-31-27-26-29-34-39-44-51(5)7-2/h50-52H,6-49H2,1-5H3/t51?,52-/m0/s1. The molecule has 0 heterocycles. The van der Waals surface area contributed by atoms with Gasteiger partial charge in [-0.2, -0.15) is 0 Å². The molecule has 6 nitrogen and oxygen atoms in total. The van der Waals surface area contributed by atoms with Gasteiger partial charge in [0.1, 0.15) is 13.2 Å². The third kappa shape index (κ3) is 47.7. The summed E-state index contributed by atoms with van der Waals surface area (Å²) in [7, 11) is 0. The average Bonchev–Trinajstić information content (AvgIpc) is 3.24. The van der Waals surface area contributed by atoms with Crippen LogP contribution in [0.25, 0.3) is 0 Å². The van der Waals surface area contributed by atoms with Gasteiger partial charge in [0.15, 0.2) is 6.10 Å². The van der Waals surface area contributed by atoms with E-state index in [0.29, 0.717) is 19.3 Å². The first-order chi connectivity index (χ1) is 29.8. The SMILES string of the molecule is CCCCCCCCCCCCCCCCCCCCCC(=O)O[C@@H](COC(=O)CCCCCCCCCCCC(C)C)COC(=O)CCCCCCCCCCC(C)CC. The maximum Gasteiger partial charge on any atom is 0.306 e. The van der Waals surface area contributed by atoms with Crippen LogP contribution in [0.4, 0.5) is 0 Å². The predicted molar refractivity (Wildman–Crippen MR) is 261 cm³/mol. The Hall–Kier alpha value is -1.59. The van der Waals surface area contributed by atoms with Crippen molar-refractivity contribution in [2.24, 2.45) is 11.8 Å².